The fraction of sp³-hybridized carbons (Fsp3) is 0.136. The number of amides is 1. The average Bonchev–Trinajstić information content (AvgIpc) is 3.12. The van der Waals surface area contributed by atoms with Gasteiger partial charge in [-0.25, -0.2) is 0 Å². The van der Waals surface area contributed by atoms with Crippen LogP contribution in [0.3, 0.4) is 0 Å². The number of benzene rings is 3. The van der Waals surface area contributed by atoms with Crippen LogP contribution in [-0.4, -0.2) is 28.0 Å². The van der Waals surface area contributed by atoms with Crippen LogP contribution in [0.4, 0.5) is 5.69 Å². The minimum Gasteiger partial charge on any atom is -0.495 e. The lowest BCUT2D eigenvalue weighted by molar-refractivity contribution is -0.115. The van der Waals surface area contributed by atoms with Crippen LogP contribution in [0.2, 0.25) is 10.0 Å². The maximum atomic E-state index is 12.5. The fourth-order valence-electron chi connectivity index (χ4n) is 3.08. The highest BCUT2D eigenvalue weighted by Crippen LogP contribution is 2.27. The number of carbonyl (C=O) groups is 1. The van der Waals surface area contributed by atoms with Gasteiger partial charge in [-0.3, -0.25) is 4.79 Å². The number of aromatic nitrogens is 3. The first-order valence-corrected chi connectivity index (χ1v) is 9.94. The Kier molecular flexibility index (Phi) is 5.61. The topological polar surface area (TPSA) is 69.0 Å². The molecule has 0 radical (unpaired) electrons. The second kappa shape index (κ2) is 8.34. The van der Waals surface area contributed by atoms with Crippen molar-refractivity contribution in [2.24, 2.45) is 0 Å². The van der Waals surface area contributed by atoms with E-state index in [1.54, 1.807) is 31.4 Å². The van der Waals surface area contributed by atoms with Gasteiger partial charge in [0, 0.05) is 10.7 Å². The first-order chi connectivity index (χ1) is 14.4. The number of halogens is 2. The van der Waals surface area contributed by atoms with Crippen LogP contribution in [0, 0.1) is 6.92 Å². The molecule has 0 atom stereocenters. The van der Waals surface area contributed by atoms with Crippen molar-refractivity contribution >= 4 is 45.8 Å². The highest BCUT2D eigenvalue weighted by atomic mass is 35.5. The first-order valence-electron chi connectivity index (χ1n) is 9.19. The van der Waals surface area contributed by atoms with Gasteiger partial charge >= 0.3 is 0 Å². The number of nitrogens with zero attached hydrogens (tertiary/aromatic N) is 3. The van der Waals surface area contributed by atoms with Crippen LogP contribution in [0.15, 0.2) is 54.6 Å². The second-order valence-electron chi connectivity index (χ2n) is 6.82. The molecule has 1 aromatic heterocycles. The summed E-state index contributed by atoms with van der Waals surface area (Å²) in [7, 11) is 1.56. The predicted octanol–water partition coefficient (Wildman–Crippen LogP) is 5.23. The molecule has 0 unspecified atom stereocenters. The van der Waals surface area contributed by atoms with Gasteiger partial charge in [-0.2, -0.15) is 4.80 Å². The SMILES string of the molecule is COc1ccc(-n2nc3cc(C)c(NC(=O)Cc4ccc(Cl)cc4)cc3n2)cc1Cl. The molecule has 4 aromatic rings. The molecule has 4 rings (SSSR count). The molecule has 6 nitrogen and oxygen atoms in total. The zero-order chi connectivity index (χ0) is 21.3. The zero-order valence-electron chi connectivity index (χ0n) is 16.3. The number of ether oxygens (including phenoxy) is 1. The number of anilines is 1. The van der Waals surface area contributed by atoms with Gasteiger partial charge in [0.05, 0.1) is 24.2 Å². The van der Waals surface area contributed by atoms with E-state index in [2.05, 4.69) is 15.5 Å². The Labute approximate surface area is 183 Å². The minimum absolute atomic E-state index is 0.117. The molecule has 30 heavy (non-hydrogen) atoms. The minimum atomic E-state index is -0.117. The average molecular weight is 441 g/mol. The molecule has 0 fully saturated rings. The predicted molar refractivity (Wildman–Crippen MR) is 119 cm³/mol. The van der Waals surface area contributed by atoms with Gasteiger partial charge in [-0.05, 0) is 60.5 Å². The number of rotatable bonds is 5. The van der Waals surface area contributed by atoms with Gasteiger partial charge in [-0.1, -0.05) is 35.3 Å². The fourth-order valence-corrected chi connectivity index (χ4v) is 3.46. The standard InChI is InChI=1S/C22H18Cl2N4O2/c1-13-9-19-20(27-28(26-19)16-7-8-21(30-2)17(24)11-16)12-18(13)25-22(29)10-14-3-5-15(23)6-4-14/h3-9,11-12H,10H2,1-2H3,(H,25,29). The molecular weight excluding hydrogens is 423 g/mol. The van der Waals surface area contributed by atoms with Gasteiger partial charge in [0.1, 0.15) is 16.8 Å². The molecular formula is C22H18Cl2N4O2. The number of fused-ring (bicyclic) bond motifs is 1. The van der Waals surface area contributed by atoms with E-state index in [9.17, 15) is 4.79 Å². The lowest BCUT2D eigenvalue weighted by atomic mass is 10.1. The van der Waals surface area contributed by atoms with Gasteiger partial charge in [0.15, 0.2) is 0 Å². The molecule has 1 amide bonds. The molecule has 3 aromatic carbocycles. The van der Waals surface area contributed by atoms with Crippen LogP contribution in [0.1, 0.15) is 11.1 Å². The van der Waals surface area contributed by atoms with E-state index >= 15 is 0 Å². The van der Waals surface area contributed by atoms with Crippen molar-refractivity contribution in [1.82, 2.24) is 15.0 Å². The third-order valence-electron chi connectivity index (χ3n) is 4.64. The number of aryl methyl sites for hydroxylation is 1. The Morgan fingerprint density at radius 1 is 1.03 bits per heavy atom. The largest absolute Gasteiger partial charge is 0.495 e. The molecule has 8 heteroatoms. The number of carbonyl (C=O) groups excluding carboxylic acids is 1. The Morgan fingerprint density at radius 2 is 1.73 bits per heavy atom. The maximum absolute atomic E-state index is 12.5. The summed E-state index contributed by atoms with van der Waals surface area (Å²) in [5, 5.41) is 13.1. The summed E-state index contributed by atoms with van der Waals surface area (Å²) in [4.78, 5) is 14.0. The van der Waals surface area contributed by atoms with Crippen LogP contribution in [-0.2, 0) is 11.2 Å². The van der Waals surface area contributed by atoms with Crippen molar-refractivity contribution in [2.45, 2.75) is 13.3 Å². The van der Waals surface area contributed by atoms with Crippen molar-refractivity contribution in [3.63, 3.8) is 0 Å². The monoisotopic (exact) mass is 440 g/mol. The lowest BCUT2D eigenvalue weighted by Gasteiger charge is -2.08. The molecule has 0 aliphatic heterocycles. The van der Waals surface area contributed by atoms with Gasteiger partial charge in [0.25, 0.3) is 0 Å². The Morgan fingerprint density at radius 3 is 2.40 bits per heavy atom. The third kappa shape index (κ3) is 4.25. The van der Waals surface area contributed by atoms with Gasteiger partial charge in [0.2, 0.25) is 5.91 Å². The third-order valence-corrected chi connectivity index (χ3v) is 5.19. The molecule has 1 N–H and O–H groups in total. The van der Waals surface area contributed by atoms with E-state index in [-0.39, 0.29) is 12.3 Å². The van der Waals surface area contributed by atoms with Crippen LogP contribution in [0.25, 0.3) is 16.7 Å². The summed E-state index contributed by atoms with van der Waals surface area (Å²) in [5.41, 5.74) is 4.57. The number of methoxy groups -OCH3 is 1. The van der Waals surface area contributed by atoms with Gasteiger partial charge < -0.3 is 10.1 Å². The maximum Gasteiger partial charge on any atom is 0.228 e. The quantitative estimate of drug-likeness (QED) is 0.461. The highest BCUT2D eigenvalue weighted by molar-refractivity contribution is 6.32. The van der Waals surface area contributed by atoms with Gasteiger partial charge in [-0.15, -0.1) is 10.2 Å². The van der Waals surface area contributed by atoms with E-state index in [0.29, 0.717) is 32.7 Å². The molecule has 0 saturated carbocycles. The summed E-state index contributed by atoms with van der Waals surface area (Å²) in [6.45, 7) is 1.92. The number of hydrogen-bond acceptors (Lipinski definition) is 4. The first kappa shape index (κ1) is 20.2. The molecule has 0 bridgehead atoms. The van der Waals surface area contributed by atoms with E-state index < -0.39 is 0 Å². The van der Waals surface area contributed by atoms with E-state index in [1.165, 1.54) is 4.80 Å². The Bertz CT molecular complexity index is 1240. The molecule has 0 spiro atoms. The Balaban J connectivity index is 1.58. The Hall–Kier alpha value is -3.09. The summed E-state index contributed by atoms with van der Waals surface area (Å²) in [6.07, 6.45) is 0.256. The van der Waals surface area contributed by atoms with Crippen LogP contribution < -0.4 is 10.1 Å². The molecule has 1 heterocycles. The van der Waals surface area contributed by atoms with Crippen molar-refractivity contribution in [1.29, 1.82) is 0 Å². The van der Waals surface area contributed by atoms with E-state index in [0.717, 1.165) is 16.6 Å². The summed E-state index contributed by atoms with van der Waals surface area (Å²) in [6, 6.07) is 16.2. The van der Waals surface area contributed by atoms with E-state index in [1.807, 2.05) is 37.3 Å². The lowest BCUT2D eigenvalue weighted by Crippen LogP contribution is -2.15. The molecule has 0 aliphatic rings. The second-order valence-corrected chi connectivity index (χ2v) is 7.66. The number of hydrogen-bond donors (Lipinski definition) is 1. The highest BCUT2D eigenvalue weighted by Gasteiger charge is 2.12. The normalized spacial score (nSPS) is 10.9. The van der Waals surface area contributed by atoms with Crippen molar-refractivity contribution in [2.75, 3.05) is 12.4 Å². The summed E-state index contributed by atoms with van der Waals surface area (Å²) < 4.78 is 5.18. The number of nitrogens with one attached hydrogen (secondary N) is 1. The molecule has 152 valence electrons. The summed E-state index contributed by atoms with van der Waals surface area (Å²) in [5.74, 6) is 0.466. The molecule has 0 aliphatic carbocycles. The van der Waals surface area contributed by atoms with Crippen LogP contribution in [0.5, 0.6) is 5.75 Å². The van der Waals surface area contributed by atoms with Crippen LogP contribution >= 0.6 is 23.2 Å². The van der Waals surface area contributed by atoms with Crippen molar-refractivity contribution in [3.05, 3.63) is 75.8 Å². The van der Waals surface area contributed by atoms with E-state index in [4.69, 9.17) is 27.9 Å². The summed E-state index contributed by atoms with van der Waals surface area (Å²) >= 11 is 12.1. The zero-order valence-corrected chi connectivity index (χ0v) is 17.8. The smallest absolute Gasteiger partial charge is 0.228 e. The molecule has 0 saturated heterocycles. The van der Waals surface area contributed by atoms with Crippen molar-refractivity contribution in [3.8, 4) is 11.4 Å². The van der Waals surface area contributed by atoms with Crippen molar-refractivity contribution < 1.29 is 9.53 Å².